The molecule has 5 fully saturated rings. The lowest BCUT2D eigenvalue weighted by Crippen LogP contribution is -2.92. The summed E-state index contributed by atoms with van der Waals surface area (Å²) in [6, 6.07) is 5.59. The van der Waals surface area contributed by atoms with Crippen molar-refractivity contribution in [1.29, 1.82) is 0 Å². The summed E-state index contributed by atoms with van der Waals surface area (Å²) in [5.41, 5.74) is 4.44. The van der Waals surface area contributed by atoms with E-state index < -0.39 is 12.0 Å². The van der Waals surface area contributed by atoms with Crippen LogP contribution in [-0.2, 0) is 22.6 Å². The molecule has 1 spiro atoms. The van der Waals surface area contributed by atoms with E-state index in [-0.39, 0.29) is 17.5 Å². The molecule has 0 aromatic heterocycles. The second kappa shape index (κ2) is 7.74. The molecule has 35 heavy (non-hydrogen) atoms. The number of Topliss-reactive ketones (excluding diaryl/α,β-unsaturated/α-hetero) is 2. The van der Waals surface area contributed by atoms with Gasteiger partial charge in [-0.2, -0.15) is 0 Å². The number of hydrogen-bond donors (Lipinski definition) is 1. The van der Waals surface area contributed by atoms with Gasteiger partial charge in [0.2, 0.25) is 0 Å². The normalized spacial score (nSPS) is 40.2. The molecule has 4 unspecified atom stereocenters. The quantitative estimate of drug-likeness (QED) is 0.424. The lowest BCUT2D eigenvalue weighted by Gasteiger charge is -2.91. The SMILES string of the molecule is CC1C(=O)CCC(N2Cc3c(CCCCCCNC45CC6CC7CC(C4)C765)cccc3C2=O)C1=O. The van der Waals surface area contributed by atoms with Crippen LogP contribution in [-0.4, -0.2) is 40.5 Å². The van der Waals surface area contributed by atoms with Crippen molar-refractivity contribution in [3.63, 3.8) is 0 Å². The second-order valence-corrected chi connectivity index (χ2v) is 12.6. The van der Waals surface area contributed by atoms with Crippen molar-refractivity contribution in [2.45, 2.75) is 95.7 Å². The number of carbonyl (C=O) groups excluding carboxylic acids is 3. The number of unbranched alkanes of at least 4 members (excludes halogenated alkanes) is 3. The van der Waals surface area contributed by atoms with Crippen LogP contribution < -0.4 is 5.32 Å². The van der Waals surface area contributed by atoms with E-state index in [0.717, 1.165) is 47.1 Å². The maximum Gasteiger partial charge on any atom is 0.255 e. The van der Waals surface area contributed by atoms with Crippen molar-refractivity contribution in [2.75, 3.05) is 6.54 Å². The molecule has 0 saturated heterocycles. The summed E-state index contributed by atoms with van der Waals surface area (Å²) < 4.78 is 0. The highest BCUT2D eigenvalue weighted by atomic mass is 16.2. The van der Waals surface area contributed by atoms with Crippen LogP contribution in [0.4, 0.5) is 0 Å². The van der Waals surface area contributed by atoms with E-state index >= 15 is 0 Å². The molecular weight excluding hydrogens is 436 g/mol. The Labute approximate surface area is 208 Å². The minimum atomic E-state index is -0.584. The molecule has 7 rings (SSSR count). The number of benzene rings is 1. The van der Waals surface area contributed by atoms with Crippen LogP contribution in [0.3, 0.4) is 0 Å². The van der Waals surface area contributed by atoms with Crippen molar-refractivity contribution in [3.05, 3.63) is 34.9 Å². The summed E-state index contributed by atoms with van der Waals surface area (Å²) in [5.74, 6) is 2.52. The van der Waals surface area contributed by atoms with Crippen LogP contribution in [0.2, 0.25) is 0 Å². The third-order valence-corrected chi connectivity index (χ3v) is 11.4. The predicted octanol–water partition coefficient (Wildman–Crippen LogP) is 4.46. The fourth-order valence-corrected chi connectivity index (χ4v) is 9.65. The first-order valence-corrected chi connectivity index (χ1v) is 14.2. The molecule has 0 radical (unpaired) electrons. The molecule has 5 heteroatoms. The zero-order valence-corrected chi connectivity index (χ0v) is 21.0. The average Bonchev–Trinajstić information content (AvgIpc) is 3.13. The first-order valence-electron chi connectivity index (χ1n) is 14.2. The van der Waals surface area contributed by atoms with Crippen molar-refractivity contribution in [1.82, 2.24) is 10.2 Å². The van der Waals surface area contributed by atoms with E-state index in [4.69, 9.17) is 0 Å². The van der Waals surface area contributed by atoms with E-state index in [1.807, 2.05) is 12.1 Å². The smallest absolute Gasteiger partial charge is 0.255 e. The van der Waals surface area contributed by atoms with Crippen LogP contribution in [0.5, 0.6) is 0 Å². The van der Waals surface area contributed by atoms with Crippen molar-refractivity contribution in [2.24, 2.45) is 29.1 Å². The number of rotatable bonds is 9. The van der Waals surface area contributed by atoms with Crippen LogP contribution in [0.25, 0.3) is 0 Å². The number of ketones is 2. The van der Waals surface area contributed by atoms with Gasteiger partial charge < -0.3 is 10.2 Å². The number of amides is 1. The number of aryl methyl sites for hydroxylation is 1. The summed E-state index contributed by atoms with van der Waals surface area (Å²) in [4.78, 5) is 39.5. The summed E-state index contributed by atoms with van der Waals surface area (Å²) >= 11 is 0. The van der Waals surface area contributed by atoms with E-state index in [9.17, 15) is 14.4 Å². The van der Waals surface area contributed by atoms with Gasteiger partial charge in [-0.1, -0.05) is 25.0 Å². The van der Waals surface area contributed by atoms with Gasteiger partial charge in [0.25, 0.3) is 5.91 Å². The Morgan fingerprint density at radius 3 is 2.51 bits per heavy atom. The highest BCUT2D eigenvalue weighted by Gasteiger charge is 2.87. The van der Waals surface area contributed by atoms with E-state index in [2.05, 4.69) is 11.4 Å². The first kappa shape index (κ1) is 22.2. The Morgan fingerprint density at radius 1 is 1.00 bits per heavy atom. The van der Waals surface area contributed by atoms with Crippen LogP contribution in [0.1, 0.15) is 92.6 Å². The molecule has 6 aliphatic rings. The molecule has 1 heterocycles. The summed E-state index contributed by atoms with van der Waals surface area (Å²) in [5, 5.41) is 4.02. The third kappa shape index (κ3) is 2.82. The van der Waals surface area contributed by atoms with E-state index in [1.54, 1.807) is 11.8 Å². The Kier molecular flexibility index (Phi) is 4.91. The number of carbonyl (C=O) groups is 3. The highest BCUT2D eigenvalue weighted by Crippen LogP contribution is 2.89. The minimum Gasteiger partial charge on any atom is -0.324 e. The zero-order chi connectivity index (χ0) is 23.9. The van der Waals surface area contributed by atoms with Gasteiger partial charge in [0.1, 0.15) is 5.78 Å². The van der Waals surface area contributed by atoms with Gasteiger partial charge >= 0.3 is 0 Å². The predicted molar refractivity (Wildman–Crippen MR) is 133 cm³/mol. The van der Waals surface area contributed by atoms with Gasteiger partial charge in [-0.15, -0.1) is 0 Å². The molecule has 1 amide bonds. The van der Waals surface area contributed by atoms with Gasteiger partial charge in [0, 0.05) is 24.1 Å². The lowest BCUT2D eigenvalue weighted by atomic mass is 9.15. The van der Waals surface area contributed by atoms with E-state index in [0.29, 0.717) is 24.9 Å². The monoisotopic (exact) mass is 474 g/mol. The van der Waals surface area contributed by atoms with Crippen LogP contribution in [0.15, 0.2) is 18.2 Å². The maximum absolute atomic E-state index is 13.1. The molecule has 1 N–H and O–H groups in total. The molecule has 1 aromatic rings. The molecule has 5 aliphatic carbocycles. The van der Waals surface area contributed by atoms with Crippen LogP contribution >= 0.6 is 0 Å². The standard InChI is InChI=1S/C30H38N2O3/c1-18-26(33)11-10-25(27(18)34)32-17-24-19(8-6-9-23(24)28(32)35)7-4-2-3-5-12-31-29-15-21-13-20-14-22(16-29)30(20,21)29/h6,8-9,18,20-22,25,31H,2-5,7,10-17H2,1H3. The van der Waals surface area contributed by atoms with E-state index in [1.165, 1.54) is 57.1 Å². The summed E-state index contributed by atoms with van der Waals surface area (Å²) in [6.45, 7) is 3.38. The van der Waals surface area contributed by atoms with Gasteiger partial charge in [-0.3, -0.25) is 14.4 Å². The van der Waals surface area contributed by atoms with Gasteiger partial charge in [0.05, 0.1) is 12.0 Å². The second-order valence-electron chi connectivity index (χ2n) is 12.6. The Morgan fingerprint density at radius 2 is 1.77 bits per heavy atom. The fourth-order valence-electron chi connectivity index (χ4n) is 9.65. The topological polar surface area (TPSA) is 66.5 Å². The van der Waals surface area contributed by atoms with Crippen molar-refractivity contribution in [3.8, 4) is 0 Å². The maximum atomic E-state index is 13.1. The lowest BCUT2D eigenvalue weighted by molar-refractivity contribution is -0.397. The number of nitrogens with one attached hydrogen (secondary N) is 1. The molecule has 1 aliphatic heterocycles. The molecular formula is C30H38N2O3. The van der Waals surface area contributed by atoms with Crippen molar-refractivity contribution >= 4 is 17.5 Å². The molecule has 0 bridgehead atoms. The fraction of sp³-hybridized carbons (Fsp3) is 0.700. The zero-order valence-electron chi connectivity index (χ0n) is 21.0. The molecule has 5 saturated carbocycles. The Hall–Kier alpha value is -2.01. The summed E-state index contributed by atoms with van der Waals surface area (Å²) in [7, 11) is 0. The third-order valence-electron chi connectivity index (χ3n) is 11.4. The number of hydrogen-bond acceptors (Lipinski definition) is 4. The molecule has 1 aromatic carbocycles. The Bertz CT molecular complexity index is 1080. The largest absolute Gasteiger partial charge is 0.324 e. The molecule has 186 valence electrons. The number of nitrogens with zero attached hydrogens (tertiary/aromatic N) is 1. The molecule has 5 nitrogen and oxygen atoms in total. The Balaban J connectivity index is 0.888. The average molecular weight is 475 g/mol. The summed E-state index contributed by atoms with van der Waals surface area (Å²) in [6.07, 6.45) is 12.7. The van der Waals surface area contributed by atoms with Gasteiger partial charge in [-0.05, 0) is 105 Å². The van der Waals surface area contributed by atoms with Crippen LogP contribution in [0, 0.1) is 29.1 Å². The van der Waals surface area contributed by atoms with Gasteiger partial charge in [-0.25, -0.2) is 0 Å². The minimum absolute atomic E-state index is 0.00895. The van der Waals surface area contributed by atoms with Crippen molar-refractivity contribution < 1.29 is 14.4 Å². The van der Waals surface area contributed by atoms with Gasteiger partial charge in [0.15, 0.2) is 5.78 Å². The first-order chi connectivity index (χ1) is 17.0. The highest BCUT2D eigenvalue weighted by molar-refractivity contribution is 6.09. The molecule has 4 atom stereocenters. The number of fused-ring (bicyclic) bond motifs is 1.